The summed E-state index contributed by atoms with van der Waals surface area (Å²) in [5, 5.41) is 22.6. The first-order chi connectivity index (χ1) is 9.56. The minimum absolute atomic E-state index is 0. The van der Waals surface area contributed by atoms with Crippen LogP contribution in [0.3, 0.4) is 0 Å². The Kier molecular flexibility index (Phi) is 5.88. The van der Waals surface area contributed by atoms with Gasteiger partial charge in [0.2, 0.25) is 0 Å². The second-order valence-electron chi connectivity index (χ2n) is 4.13. The van der Waals surface area contributed by atoms with Crippen LogP contribution in [0.15, 0.2) is 48.6 Å². The third kappa shape index (κ3) is 4.58. The van der Waals surface area contributed by atoms with Gasteiger partial charge >= 0.3 is 16.5 Å². The van der Waals surface area contributed by atoms with E-state index >= 15 is 0 Å². The van der Waals surface area contributed by atoms with Gasteiger partial charge in [-0.2, -0.15) is 0 Å². The van der Waals surface area contributed by atoms with Crippen molar-refractivity contribution in [1.29, 1.82) is 0 Å². The zero-order chi connectivity index (χ0) is 14.5. The minimum Gasteiger partial charge on any atom is -0.545 e. The summed E-state index contributed by atoms with van der Waals surface area (Å²) in [6.07, 6.45) is 4.84. The van der Waals surface area contributed by atoms with E-state index < -0.39 is 11.9 Å². The van der Waals surface area contributed by atoms with Gasteiger partial charge in [-0.05, 0) is 40.1 Å². The third-order valence-corrected chi connectivity index (χ3v) is 2.75. The monoisotopic (exact) mass is 324 g/mol. The summed E-state index contributed by atoms with van der Waals surface area (Å²) in [7, 11) is 0. The zero-order valence-electron chi connectivity index (χ0n) is 10.7. The maximum absolute atomic E-state index is 10.4. The van der Waals surface area contributed by atoms with Crippen molar-refractivity contribution in [2.45, 2.75) is 0 Å². The zero-order valence-corrected chi connectivity index (χ0v) is 11.7. The molecule has 0 radical (unpaired) electrons. The standard InChI is InChI=1S/C16H12O4.Ni/c17-15(18)8-5-11-4-7-14-12(6-9-16(19)20)2-1-3-13(14)10-11;/h1-10H,(H,17,18)(H,19,20);/q;+2/p-2. The average molecular weight is 325 g/mol. The number of carbonyl (C=O) groups excluding carboxylic acids is 2. The summed E-state index contributed by atoms with van der Waals surface area (Å²) in [5.41, 5.74) is 1.48. The molecule has 0 fully saturated rings. The van der Waals surface area contributed by atoms with Gasteiger partial charge in [-0.1, -0.05) is 42.5 Å². The SMILES string of the molecule is O=C([O-])C=Cc1ccc2c(C=CC(=O)[O-])cccc2c1.[Ni+2]. The van der Waals surface area contributed by atoms with Crippen LogP contribution in [0, 0.1) is 0 Å². The summed E-state index contributed by atoms with van der Waals surface area (Å²) >= 11 is 0. The maximum Gasteiger partial charge on any atom is 2.00 e. The Labute approximate surface area is 131 Å². The number of aliphatic carboxylic acids is 2. The van der Waals surface area contributed by atoms with E-state index in [0.29, 0.717) is 0 Å². The molecule has 108 valence electrons. The molecule has 2 rings (SSSR count). The fraction of sp³-hybridized carbons (Fsp3) is 0. The molecule has 0 amide bonds. The number of carboxylic acids is 2. The molecule has 2 aromatic rings. The molecule has 2 aromatic carbocycles. The van der Waals surface area contributed by atoms with Crippen LogP contribution in [-0.2, 0) is 26.1 Å². The van der Waals surface area contributed by atoms with Crippen molar-refractivity contribution < 1.29 is 36.3 Å². The van der Waals surface area contributed by atoms with Crippen LogP contribution < -0.4 is 10.2 Å². The van der Waals surface area contributed by atoms with Crippen molar-refractivity contribution in [3.8, 4) is 0 Å². The predicted octanol–water partition coefficient (Wildman–Crippen LogP) is 0.363. The van der Waals surface area contributed by atoms with E-state index in [2.05, 4.69) is 0 Å². The van der Waals surface area contributed by atoms with E-state index in [0.717, 1.165) is 34.1 Å². The van der Waals surface area contributed by atoms with Gasteiger partial charge < -0.3 is 19.8 Å². The molecule has 0 unspecified atom stereocenters. The van der Waals surface area contributed by atoms with E-state index in [4.69, 9.17) is 0 Å². The quantitative estimate of drug-likeness (QED) is 0.601. The summed E-state index contributed by atoms with van der Waals surface area (Å²) < 4.78 is 0. The maximum atomic E-state index is 10.4. The number of carboxylic acid groups (broad SMARTS) is 2. The Bertz CT molecular complexity index is 732. The molecular formula is C16H10NiO4. The van der Waals surface area contributed by atoms with E-state index in [1.165, 1.54) is 12.2 Å². The molecule has 4 nitrogen and oxygen atoms in total. The molecule has 0 aromatic heterocycles. The number of carbonyl (C=O) groups is 2. The molecule has 0 saturated heterocycles. The van der Waals surface area contributed by atoms with Gasteiger partial charge in [-0.25, -0.2) is 0 Å². The molecule has 0 aliphatic rings. The molecule has 0 heterocycles. The van der Waals surface area contributed by atoms with Crippen LogP contribution >= 0.6 is 0 Å². The van der Waals surface area contributed by atoms with Gasteiger partial charge in [0.15, 0.2) is 0 Å². The number of hydrogen-bond donors (Lipinski definition) is 0. The summed E-state index contributed by atoms with van der Waals surface area (Å²) in [5.74, 6) is -2.51. The number of fused-ring (bicyclic) bond motifs is 1. The molecule has 0 N–H and O–H groups in total. The van der Waals surface area contributed by atoms with Gasteiger partial charge in [0.05, 0.1) is 11.9 Å². The number of benzene rings is 2. The first kappa shape index (κ1) is 16.7. The van der Waals surface area contributed by atoms with Gasteiger partial charge in [0, 0.05) is 0 Å². The molecular weight excluding hydrogens is 315 g/mol. The van der Waals surface area contributed by atoms with Gasteiger partial charge in [0.1, 0.15) is 0 Å². The largest absolute Gasteiger partial charge is 2.00 e. The van der Waals surface area contributed by atoms with Crippen molar-refractivity contribution in [3.05, 3.63) is 59.7 Å². The smallest absolute Gasteiger partial charge is 0.545 e. The summed E-state index contributed by atoms with van der Waals surface area (Å²) in [6.45, 7) is 0. The summed E-state index contributed by atoms with van der Waals surface area (Å²) in [4.78, 5) is 20.8. The van der Waals surface area contributed by atoms with E-state index in [1.54, 1.807) is 24.3 Å². The van der Waals surface area contributed by atoms with Crippen LogP contribution in [0.2, 0.25) is 0 Å². The first-order valence-corrected chi connectivity index (χ1v) is 5.87. The Hall–Kier alpha value is -2.39. The van der Waals surface area contributed by atoms with Crippen molar-refractivity contribution in [2.24, 2.45) is 0 Å². The van der Waals surface area contributed by atoms with Crippen molar-refractivity contribution in [2.75, 3.05) is 0 Å². The fourth-order valence-corrected chi connectivity index (χ4v) is 1.90. The average Bonchev–Trinajstić information content (AvgIpc) is 2.42. The molecule has 0 saturated carbocycles. The van der Waals surface area contributed by atoms with E-state index in [-0.39, 0.29) is 16.5 Å². The second kappa shape index (κ2) is 7.41. The predicted molar refractivity (Wildman–Crippen MR) is 72.0 cm³/mol. The molecule has 0 bridgehead atoms. The third-order valence-electron chi connectivity index (χ3n) is 2.75. The van der Waals surface area contributed by atoms with Crippen molar-refractivity contribution in [3.63, 3.8) is 0 Å². The van der Waals surface area contributed by atoms with Crippen molar-refractivity contribution in [1.82, 2.24) is 0 Å². The Balaban J connectivity index is 0.00000220. The van der Waals surface area contributed by atoms with Crippen LogP contribution in [0.4, 0.5) is 0 Å². The molecule has 0 atom stereocenters. The first-order valence-electron chi connectivity index (χ1n) is 5.87. The van der Waals surface area contributed by atoms with Crippen LogP contribution in [0.5, 0.6) is 0 Å². The Morgan fingerprint density at radius 3 is 2.24 bits per heavy atom. The number of hydrogen-bond acceptors (Lipinski definition) is 4. The van der Waals surface area contributed by atoms with Crippen LogP contribution in [0.25, 0.3) is 22.9 Å². The van der Waals surface area contributed by atoms with E-state index in [9.17, 15) is 19.8 Å². The molecule has 0 spiro atoms. The summed E-state index contributed by atoms with van der Waals surface area (Å²) in [6, 6.07) is 10.8. The Morgan fingerprint density at radius 2 is 1.57 bits per heavy atom. The van der Waals surface area contributed by atoms with Gasteiger partial charge in [-0.3, -0.25) is 0 Å². The Morgan fingerprint density at radius 1 is 0.905 bits per heavy atom. The second-order valence-corrected chi connectivity index (χ2v) is 4.13. The molecule has 0 aliphatic carbocycles. The van der Waals surface area contributed by atoms with Crippen LogP contribution in [0.1, 0.15) is 11.1 Å². The molecule has 5 heteroatoms. The fourth-order valence-electron chi connectivity index (χ4n) is 1.90. The molecule has 0 aliphatic heterocycles. The van der Waals surface area contributed by atoms with Gasteiger partial charge in [0.25, 0.3) is 0 Å². The normalized spacial score (nSPS) is 10.9. The minimum atomic E-state index is -1.25. The van der Waals surface area contributed by atoms with Crippen LogP contribution in [-0.4, -0.2) is 11.9 Å². The topological polar surface area (TPSA) is 80.3 Å². The number of rotatable bonds is 4. The van der Waals surface area contributed by atoms with E-state index in [1.807, 2.05) is 12.1 Å². The van der Waals surface area contributed by atoms with Gasteiger partial charge in [-0.15, -0.1) is 0 Å². The van der Waals surface area contributed by atoms with Crippen molar-refractivity contribution >= 4 is 34.9 Å². The molecule has 21 heavy (non-hydrogen) atoms.